The Balaban J connectivity index is 1.94. The number of halogens is 3. The van der Waals surface area contributed by atoms with Crippen LogP contribution in [0.5, 0.6) is 0 Å². The molecule has 0 radical (unpaired) electrons. The maximum absolute atomic E-state index is 12.5. The Bertz CT molecular complexity index is 208. The third-order valence-electron chi connectivity index (χ3n) is 3.49. The largest absolute Gasteiger partial charge is 0.405 e. The lowest BCUT2D eigenvalue weighted by Gasteiger charge is -2.24. The van der Waals surface area contributed by atoms with E-state index in [1.54, 1.807) is 11.8 Å². The fourth-order valence-electron chi connectivity index (χ4n) is 2.75. The predicted octanol–water partition coefficient (Wildman–Crippen LogP) is 2.95. The molecule has 3 atom stereocenters. The zero-order chi connectivity index (χ0) is 10.3. The van der Waals surface area contributed by atoms with Gasteiger partial charge in [-0.2, -0.15) is 13.2 Å². The smallest absolute Gasteiger partial charge is 0.283 e. The highest BCUT2D eigenvalue weighted by Crippen LogP contribution is 2.45. The Kier molecular flexibility index (Phi) is 2.50. The normalized spacial score (nSPS) is 39.9. The molecule has 1 unspecified atom stereocenters. The molecule has 0 bridgehead atoms. The molecule has 1 aliphatic heterocycles. The van der Waals surface area contributed by atoms with Crippen LogP contribution in [-0.2, 0) is 0 Å². The first-order valence-corrected chi connectivity index (χ1v) is 5.36. The molecular weight excluding hydrogens is 191 g/mol. The fraction of sp³-hybridized carbons (Fsp3) is 1.00. The van der Waals surface area contributed by atoms with E-state index in [0.29, 0.717) is 0 Å². The molecule has 82 valence electrons. The van der Waals surface area contributed by atoms with E-state index in [0.717, 1.165) is 25.7 Å². The summed E-state index contributed by atoms with van der Waals surface area (Å²) >= 11 is 0. The molecule has 2 fully saturated rings. The lowest BCUT2D eigenvalue weighted by molar-refractivity contribution is -0.139. The lowest BCUT2D eigenvalue weighted by Crippen LogP contribution is -2.29. The highest BCUT2D eigenvalue weighted by Gasteiger charge is 2.62. The van der Waals surface area contributed by atoms with Gasteiger partial charge in [0.25, 0.3) is 0 Å². The van der Waals surface area contributed by atoms with E-state index in [4.69, 9.17) is 0 Å². The molecule has 4 heteroatoms. The summed E-state index contributed by atoms with van der Waals surface area (Å²) in [6.45, 7) is 1.69. The van der Waals surface area contributed by atoms with E-state index in [-0.39, 0.29) is 12.1 Å². The molecule has 0 aromatic rings. The van der Waals surface area contributed by atoms with Crippen LogP contribution in [0.2, 0.25) is 0 Å². The Hall–Kier alpha value is -0.250. The molecule has 1 saturated heterocycles. The van der Waals surface area contributed by atoms with E-state index >= 15 is 0 Å². The van der Waals surface area contributed by atoms with Crippen molar-refractivity contribution in [3.63, 3.8) is 0 Å². The molecule has 2 aliphatic rings. The minimum atomic E-state index is -4.02. The average Bonchev–Trinajstić information content (AvgIpc) is 2.78. The van der Waals surface area contributed by atoms with Crippen molar-refractivity contribution in [3.8, 4) is 0 Å². The van der Waals surface area contributed by atoms with Gasteiger partial charge in [0.2, 0.25) is 0 Å². The predicted molar refractivity (Wildman–Crippen MR) is 48.0 cm³/mol. The standard InChI is InChI=1S/C10H16F3N/c1-7-9(10(11,12)13)14(7)8-5-3-2-4-6-8/h7-9H,2-6H2,1H3/t7-,9+,14?/m1/s1. The third-order valence-corrected chi connectivity index (χ3v) is 3.49. The molecule has 1 saturated carbocycles. The quantitative estimate of drug-likeness (QED) is 0.597. The van der Waals surface area contributed by atoms with Gasteiger partial charge < -0.3 is 0 Å². The fourth-order valence-corrected chi connectivity index (χ4v) is 2.75. The van der Waals surface area contributed by atoms with E-state index < -0.39 is 12.2 Å². The SMILES string of the molecule is C[C@@H]1[C@@H](C(F)(F)F)N1C1CCCCC1. The molecule has 0 N–H and O–H groups in total. The van der Waals surface area contributed by atoms with Crippen LogP contribution in [-0.4, -0.2) is 29.2 Å². The highest BCUT2D eigenvalue weighted by molar-refractivity contribution is 5.07. The van der Waals surface area contributed by atoms with Gasteiger partial charge in [-0.1, -0.05) is 19.3 Å². The summed E-state index contributed by atoms with van der Waals surface area (Å²) in [4.78, 5) is 1.65. The van der Waals surface area contributed by atoms with E-state index in [1.807, 2.05) is 0 Å². The number of hydrogen-bond donors (Lipinski definition) is 0. The van der Waals surface area contributed by atoms with Crippen LogP contribution in [0.15, 0.2) is 0 Å². The second kappa shape index (κ2) is 3.40. The number of nitrogens with zero attached hydrogens (tertiary/aromatic N) is 1. The zero-order valence-corrected chi connectivity index (χ0v) is 8.35. The zero-order valence-electron chi connectivity index (χ0n) is 8.35. The topological polar surface area (TPSA) is 3.01 Å². The molecule has 0 amide bonds. The van der Waals surface area contributed by atoms with Gasteiger partial charge >= 0.3 is 6.18 Å². The molecule has 0 aromatic heterocycles. The first kappa shape index (κ1) is 10.3. The first-order valence-electron chi connectivity index (χ1n) is 5.36. The number of hydrogen-bond acceptors (Lipinski definition) is 1. The monoisotopic (exact) mass is 207 g/mol. The first-order chi connectivity index (χ1) is 6.52. The van der Waals surface area contributed by atoms with Gasteiger partial charge in [-0.15, -0.1) is 0 Å². The minimum absolute atomic E-state index is 0.199. The lowest BCUT2D eigenvalue weighted by atomic mass is 9.95. The van der Waals surface area contributed by atoms with Crippen LogP contribution < -0.4 is 0 Å². The van der Waals surface area contributed by atoms with Crippen molar-refractivity contribution >= 4 is 0 Å². The van der Waals surface area contributed by atoms with Crippen LogP contribution in [0.1, 0.15) is 39.0 Å². The minimum Gasteiger partial charge on any atom is -0.283 e. The maximum atomic E-state index is 12.5. The molecule has 14 heavy (non-hydrogen) atoms. The van der Waals surface area contributed by atoms with Crippen molar-refractivity contribution in [1.29, 1.82) is 0 Å². The van der Waals surface area contributed by atoms with Crippen molar-refractivity contribution in [2.45, 2.75) is 63.3 Å². The van der Waals surface area contributed by atoms with E-state index in [1.165, 1.54) is 6.42 Å². The summed E-state index contributed by atoms with van der Waals surface area (Å²) in [5.74, 6) is 0. The molecule has 0 spiro atoms. The van der Waals surface area contributed by atoms with Crippen LogP contribution in [0, 0.1) is 0 Å². The molecule has 0 aromatic carbocycles. The maximum Gasteiger partial charge on any atom is 0.405 e. The van der Waals surface area contributed by atoms with Gasteiger partial charge in [0.05, 0.1) is 0 Å². The van der Waals surface area contributed by atoms with Crippen molar-refractivity contribution in [2.75, 3.05) is 0 Å². The van der Waals surface area contributed by atoms with Crippen molar-refractivity contribution in [1.82, 2.24) is 4.90 Å². The summed E-state index contributed by atoms with van der Waals surface area (Å²) in [6.07, 6.45) is 1.27. The molecular formula is C10H16F3N. The van der Waals surface area contributed by atoms with Gasteiger partial charge in [0.1, 0.15) is 6.04 Å². The Morgan fingerprint density at radius 2 is 1.64 bits per heavy atom. The van der Waals surface area contributed by atoms with Crippen LogP contribution in [0.25, 0.3) is 0 Å². The van der Waals surface area contributed by atoms with E-state index in [9.17, 15) is 13.2 Å². The molecule has 1 heterocycles. The van der Waals surface area contributed by atoms with Gasteiger partial charge in [-0.3, -0.25) is 4.90 Å². The van der Waals surface area contributed by atoms with Crippen molar-refractivity contribution in [3.05, 3.63) is 0 Å². The summed E-state index contributed by atoms with van der Waals surface area (Å²) in [5.41, 5.74) is 0. The molecule has 1 nitrogen and oxygen atoms in total. The number of alkyl halides is 3. The van der Waals surface area contributed by atoms with Crippen LogP contribution in [0.3, 0.4) is 0 Å². The Morgan fingerprint density at radius 1 is 1.07 bits per heavy atom. The average molecular weight is 207 g/mol. The third kappa shape index (κ3) is 1.76. The summed E-state index contributed by atoms with van der Waals surface area (Å²) in [7, 11) is 0. The van der Waals surface area contributed by atoms with Crippen LogP contribution >= 0.6 is 0 Å². The summed E-state index contributed by atoms with van der Waals surface area (Å²) < 4.78 is 37.4. The van der Waals surface area contributed by atoms with Gasteiger partial charge in [0, 0.05) is 12.1 Å². The van der Waals surface area contributed by atoms with Gasteiger partial charge in [-0.05, 0) is 19.8 Å². The van der Waals surface area contributed by atoms with Crippen molar-refractivity contribution in [2.24, 2.45) is 0 Å². The van der Waals surface area contributed by atoms with Crippen LogP contribution in [0.4, 0.5) is 13.2 Å². The summed E-state index contributed by atoms with van der Waals surface area (Å²) in [5, 5.41) is 0. The van der Waals surface area contributed by atoms with E-state index in [2.05, 4.69) is 0 Å². The number of rotatable bonds is 1. The second-order valence-corrected chi connectivity index (χ2v) is 4.47. The Labute approximate surface area is 82.3 Å². The Morgan fingerprint density at radius 3 is 2.07 bits per heavy atom. The van der Waals surface area contributed by atoms with Gasteiger partial charge in [-0.25, -0.2) is 0 Å². The van der Waals surface area contributed by atoms with Gasteiger partial charge in [0.15, 0.2) is 0 Å². The second-order valence-electron chi connectivity index (χ2n) is 4.47. The summed E-state index contributed by atoms with van der Waals surface area (Å²) in [6, 6.07) is -1.23. The highest BCUT2D eigenvalue weighted by atomic mass is 19.4. The van der Waals surface area contributed by atoms with Crippen molar-refractivity contribution < 1.29 is 13.2 Å². The molecule has 2 rings (SSSR count). The molecule has 1 aliphatic carbocycles.